The molecule has 0 amide bonds. The molecule has 13 heteroatoms. The van der Waals surface area contributed by atoms with Gasteiger partial charge < -0.3 is 23.7 Å². The minimum absolute atomic E-state index is 0.0260. The maximum Gasteiger partial charge on any atom is 0.357 e. The fourth-order valence-corrected chi connectivity index (χ4v) is 5.50. The normalized spacial score (nSPS) is 31.2. The molecular formula is C27H27F3N4O6. The van der Waals surface area contributed by atoms with Gasteiger partial charge in [0, 0.05) is 18.2 Å². The largest absolute Gasteiger partial charge is 0.449 e. The third-order valence-corrected chi connectivity index (χ3v) is 7.26. The molecule has 0 saturated carbocycles. The molecule has 40 heavy (non-hydrogen) atoms. The number of carbonyl (C=O) groups is 1. The van der Waals surface area contributed by atoms with Gasteiger partial charge in [-0.25, -0.2) is 27.6 Å². The number of carbonyl (C=O) groups excluding carboxylic acids is 1. The van der Waals surface area contributed by atoms with Gasteiger partial charge in [0.2, 0.25) is 5.79 Å². The molecule has 212 valence electrons. The molecule has 6 rings (SSSR count). The van der Waals surface area contributed by atoms with E-state index in [2.05, 4.69) is 15.3 Å². The second kappa shape index (κ2) is 9.91. The standard InChI is InChI=1S/C27H27F3N4O6/c1-14-10-27(37-12-14)24(38-25(35)18-6-4-5-7-31-18)22(23-20(39-27)13-36-26(2,3)40-23)34-11-19(32-33-34)15-8-16(28)21(30)17(29)9-15/h4-9,11,14,20,22-24H,10,12-13H2,1-3H3/t14?,20-,22+,23+,24-,27+/m1/s1. The van der Waals surface area contributed by atoms with Crippen LogP contribution in [0.15, 0.2) is 42.7 Å². The number of ether oxygens (including phenoxy) is 5. The van der Waals surface area contributed by atoms with Crippen molar-refractivity contribution in [2.24, 2.45) is 5.92 Å². The van der Waals surface area contributed by atoms with Gasteiger partial charge in [0.25, 0.3) is 0 Å². The minimum Gasteiger partial charge on any atom is -0.449 e. The Labute approximate surface area is 227 Å². The first-order valence-corrected chi connectivity index (χ1v) is 12.9. The lowest BCUT2D eigenvalue weighted by Crippen LogP contribution is -2.67. The summed E-state index contributed by atoms with van der Waals surface area (Å²) in [6.45, 7) is 5.98. The van der Waals surface area contributed by atoms with Crippen molar-refractivity contribution >= 4 is 5.97 Å². The zero-order chi connectivity index (χ0) is 28.2. The molecule has 3 aliphatic heterocycles. The van der Waals surface area contributed by atoms with Gasteiger partial charge in [-0.15, -0.1) is 5.10 Å². The molecule has 0 bridgehead atoms. The van der Waals surface area contributed by atoms with Crippen LogP contribution in [-0.4, -0.2) is 69.0 Å². The zero-order valence-corrected chi connectivity index (χ0v) is 21.9. The number of halogens is 3. The highest BCUT2D eigenvalue weighted by molar-refractivity contribution is 5.87. The molecular weight excluding hydrogens is 533 g/mol. The van der Waals surface area contributed by atoms with Crippen LogP contribution in [0.3, 0.4) is 0 Å². The summed E-state index contributed by atoms with van der Waals surface area (Å²) >= 11 is 0. The fourth-order valence-electron chi connectivity index (χ4n) is 5.50. The van der Waals surface area contributed by atoms with Gasteiger partial charge in [-0.3, -0.25) is 0 Å². The SMILES string of the molecule is CC1CO[C@@]2(C1)O[C@@H]1COC(C)(C)O[C@@H]1[C@H](n1cc(-c3cc(F)c(F)c(F)c3)nn1)[C@H]2OC(=O)c1ccccn1. The summed E-state index contributed by atoms with van der Waals surface area (Å²) in [5.74, 6) is -7.33. The Kier molecular flexibility index (Phi) is 6.64. The molecule has 3 saturated heterocycles. The Hall–Kier alpha value is -3.39. The highest BCUT2D eigenvalue weighted by Gasteiger charge is 2.63. The summed E-state index contributed by atoms with van der Waals surface area (Å²) in [4.78, 5) is 17.4. The van der Waals surface area contributed by atoms with Gasteiger partial charge in [-0.2, -0.15) is 0 Å². The van der Waals surface area contributed by atoms with Gasteiger partial charge in [0.15, 0.2) is 29.3 Å². The van der Waals surface area contributed by atoms with Crippen LogP contribution >= 0.6 is 0 Å². The highest BCUT2D eigenvalue weighted by atomic mass is 19.2. The summed E-state index contributed by atoms with van der Waals surface area (Å²) in [5, 5.41) is 8.31. The molecule has 3 aromatic rings. The van der Waals surface area contributed by atoms with Gasteiger partial charge in [-0.1, -0.05) is 18.2 Å². The number of aromatic nitrogens is 4. The van der Waals surface area contributed by atoms with E-state index >= 15 is 0 Å². The van der Waals surface area contributed by atoms with Crippen LogP contribution in [0.2, 0.25) is 0 Å². The van der Waals surface area contributed by atoms with E-state index in [1.54, 1.807) is 26.0 Å². The number of pyridine rings is 1. The molecule has 6 atom stereocenters. The predicted octanol–water partition coefficient (Wildman–Crippen LogP) is 3.83. The third kappa shape index (κ3) is 4.76. The Morgan fingerprint density at radius 1 is 1.10 bits per heavy atom. The number of fused-ring (bicyclic) bond motifs is 1. The third-order valence-electron chi connectivity index (χ3n) is 7.26. The van der Waals surface area contributed by atoms with Crippen molar-refractivity contribution < 1.29 is 41.7 Å². The van der Waals surface area contributed by atoms with Crippen LogP contribution < -0.4 is 0 Å². The monoisotopic (exact) mass is 560 g/mol. The number of esters is 1. The van der Waals surface area contributed by atoms with Crippen molar-refractivity contribution in [2.45, 2.75) is 63.1 Å². The summed E-state index contributed by atoms with van der Waals surface area (Å²) in [6, 6.07) is 5.65. The number of nitrogens with zero attached hydrogens (tertiary/aromatic N) is 4. The molecule has 10 nitrogen and oxygen atoms in total. The van der Waals surface area contributed by atoms with Gasteiger partial charge >= 0.3 is 5.97 Å². The van der Waals surface area contributed by atoms with Gasteiger partial charge in [-0.05, 0) is 44.0 Å². The van der Waals surface area contributed by atoms with Crippen molar-refractivity contribution in [3.63, 3.8) is 0 Å². The molecule has 3 fully saturated rings. The lowest BCUT2D eigenvalue weighted by molar-refractivity contribution is -0.398. The minimum atomic E-state index is -1.59. The van der Waals surface area contributed by atoms with Crippen LogP contribution in [0.1, 0.15) is 43.7 Å². The van der Waals surface area contributed by atoms with E-state index in [4.69, 9.17) is 23.7 Å². The Balaban J connectivity index is 1.45. The molecule has 0 radical (unpaired) electrons. The average molecular weight is 561 g/mol. The van der Waals surface area contributed by atoms with Crippen LogP contribution in [0.25, 0.3) is 11.3 Å². The molecule has 3 aliphatic rings. The van der Waals surface area contributed by atoms with Gasteiger partial charge in [0.1, 0.15) is 29.6 Å². The molecule has 0 N–H and O–H groups in total. The number of benzene rings is 1. The molecule has 5 heterocycles. The van der Waals surface area contributed by atoms with Crippen molar-refractivity contribution in [3.05, 3.63) is 65.9 Å². The van der Waals surface area contributed by atoms with Crippen molar-refractivity contribution in [3.8, 4) is 11.3 Å². The lowest BCUT2D eigenvalue weighted by Gasteiger charge is -2.54. The second-order valence-electron chi connectivity index (χ2n) is 10.8. The molecule has 1 unspecified atom stereocenters. The molecule has 2 aromatic heterocycles. The first-order chi connectivity index (χ1) is 19.1. The number of hydrogen-bond donors (Lipinski definition) is 0. The van der Waals surface area contributed by atoms with Crippen LogP contribution in [0.5, 0.6) is 0 Å². The van der Waals surface area contributed by atoms with E-state index in [1.807, 2.05) is 6.92 Å². The van der Waals surface area contributed by atoms with Crippen LogP contribution in [-0.2, 0) is 23.7 Å². The van der Waals surface area contributed by atoms with E-state index < -0.39 is 59.3 Å². The number of hydrogen-bond acceptors (Lipinski definition) is 9. The van der Waals surface area contributed by atoms with Crippen molar-refractivity contribution in [2.75, 3.05) is 13.2 Å². The average Bonchev–Trinajstić information content (AvgIpc) is 3.55. The molecule has 0 aliphatic carbocycles. The van der Waals surface area contributed by atoms with E-state index in [0.717, 1.165) is 12.1 Å². The molecule has 1 spiro atoms. The smallest absolute Gasteiger partial charge is 0.357 e. The topological polar surface area (TPSA) is 107 Å². The maximum absolute atomic E-state index is 14.0. The van der Waals surface area contributed by atoms with Crippen molar-refractivity contribution in [1.82, 2.24) is 20.0 Å². The highest BCUT2D eigenvalue weighted by Crippen LogP contribution is 2.49. The van der Waals surface area contributed by atoms with E-state index in [0.29, 0.717) is 13.0 Å². The van der Waals surface area contributed by atoms with E-state index in [-0.39, 0.29) is 29.5 Å². The first kappa shape index (κ1) is 26.8. The zero-order valence-electron chi connectivity index (χ0n) is 21.9. The fraction of sp³-hybridized carbons (Fsp3) is 0.481. The summed E-state index contributed by atoms with van der Waals surface area (Å²) < 4.78 is 73.9. The first-order valence-electron chi connectivity index (χ1n) is 12.9. The Morgan fingerprint density at radius 2 is 1.88 bits per heavy atom. The number of rotatable bonds is 4. The Bertz CT molecular complexity index is 1400. The second-order valence-corrected chi connectivity index (χ2v) is 10.8. The summed E-state index contributed by atoms with van der Waals surface area (Å²) in [6.07, 6.45) is 0.803. The quantitative estimate of drug-likeness (QED) is 0.348. The summed E-state index contributed by atoms with van der Waals surface area (Å²) in [7, 11) is 0. The van der Waals surface area contributed by atoms with E-state index in [1.165, 1.54) is 23.1 Å². The van der Waals surface area contributed by atoms with Crippen molar-refractivity contribution in [1.29, 1.82) is 0 Å². The van der Waals surface area contributed by atoms with Crippen LogP contribution in [0, 0.1) is 23.4 Å². The summed E-state index contributed by atoms with van der Waals surface area (Å²) in [5.41, 5.74) is 0.119. The van der Waals surface area contributed by atoms with E-state index in [9.17, 15) is 18.0 Å². The maximum atomic E-state index is 14.0. The lowest BCUT2D eigenvalue weighted by atomic mass is 9.86. The van der Waals surface area contributed by atoms with Gasteiger partial charge in [0.05, 0.1) is 19.4 Å². The predicted molar refractivity (Wildman–Crippen MR) is 130 cm³/mol. The van der Waals surface area contributed by atoms with Crippen LogP contribution in [0.4, 0.5) is 13.2 Å². The Morgan fingerprint density at radius 3 is 2.55 bits per heavy atom. The molecule has 1 aromatic carbocycles.